The van der Waals surface area contributed by atoms with Gasteiger partial charge >= 0.3 is 0 Å². The third kappa shape index (κ3) is 6.26. The lowest BCUT2D eigenvalue weighted by Gasteiger charge is -2.13. The van der Waals surface area contributed by atoms with E-state index >= 15 is 0 Å². The molecule has 0 heterocycles. The van der Waals surface area contributed by atoms with E-state index in [0.717, 1.165) is 17.1 Å². The van der Waals surface area contributed by atoms with E-state index in [0.29, 0.717) is 11.6 Å². The molecular formula is C22H21ClN2O3S2. The summed E-state index contributed by atoms with van der Waals surface area (Å²) in [6.07, 6.45) is 0. The standard InChI is InChI=1S/C22H21ClN2O3S2/c23-18-12-10-17(11-13-18)16-29-15-14-24-22(26)20-8-4-5-9-21(20)25-30(27,28)19-6-2-1-3-7-19/h1-13,25H,14-16H2,(H,24,26). The first-order chi connectivity index (χ1) is 14.5. The molecule has 3 aromatic rings. The zero-order valence-electron chi connectivity index (χ0n) is 16.0. The van der Waals surface area contributed by atoms with Crippen molar-refractivity contribution in [1.29, 1.82) is 0 Å². The Morgan fingerprint density at radius 3 is 2.30 bits per heavy atom. The Labute approximate surface area is 185 Å². The topological polar surface area (TPSA) is 75.3 Å². The number of sulfonamides is 1. The molecule has 0 aromatic heterocycles. The van der Waals surface area contributed by atoms with Gasteiger partial charge in [0.15, 0.2) is 0 Å². The quantitative estimate of drug-likeness (QED) is 0.449. The average molecular weight is 461 g/mol. The van der Waals surface area contributed by atoms with Crippen molar-refractivity contribution in [3.8, 4) is 0 Å². The van der Waals surface area contributed by atoms with Gasteiger partial charge in [0.05, 0.1) is 16.1 Å². The lowest BCUT2D eigenvalue weighted by Crippen LogP contribution is -2.27. The highest BCUT2D eigenvalue weighted by molar-refractivity contribution is 7.98. The van der Waals surface area contributed by atoms with E-state index in [4.69, 9.17) is 11.6 Å². The van der Waals surface area contributed by atoms with Crippen LogP contribution in [0.25, 0.3) is 0 Å². The molecule has 0 unspecified atom stereocenters. The van der Waals surface area contributed by atoms with Crippen molar-refractivity contribution >= 4 is 45.0 Å². The minimum Gasteiger partial charge on any atom is -0.351 e. The molecule has 0 aliphatic heterocycles. The van der Waals surface area contributed by atoms with Crippen molar-refractivity contribution in [3.63, 3.8) is 0 Å². The fourth-order valence-electron chi connectivity index (χ4n) is 2.68. The summed E-state index contributed by atoms with van der Waals surface area (Å²) in [5.74, 6) is 1.22. The minimum atomic E-state index is -3.78. The van der Waals surface area contributed by atoms with E-state index in [9.17, 15) is 13.2 Å². The van der Waals surface area contributed by atoms with Gasteiger partial charge in [-0.25, -0.2) is 8.42 Å². The van der Waals surface area contributed by atoms with Crippen LogP contribution >= 0.6 is 23.4 Å². The summed E-state index contributed by atoms with van der Waals surface area (Å²) in [6, 6.07) is 22.3. The molecule has 0 saturated carbocycles. The lowest BCUT2D eigenvalue weighted by atomic mass is 10.2. The normalized spacial score (nSPS) is 11.1. The second-order valence-corrected chi connectivity index (χ2v) is 9.62. The number of thioether (sulfide) groups is 1. The Bertz CT molecular complexity index is 1090. The Morgan fingerprint density at radius 2 is 1.57 bits per heavy atom. The zero-order valence-corrected chi connectivity index (χ0v) is 18.4. The first-order valence-electron chi connectivity index (χ1n) is 9.23. The number of carbonyl (C=O) groups is 1. The first-order valence-corrected chi connectivity index (χ1v) is 12.2. The number of hydrogen-bond donors (Lipinski definition) is 2. The molecule has 0 fully saturated rings. The van der Waals surface area contributed by atoms with Crippen LogP contribution < -0.4 is 10.0 Å². The monoisotopic (exact) mass is 460 g/mol. The number of nitrogens with one attached hydrogen (secondary N) is 2. The third-order valence-electron chi connectivity index (χ3n) is 4.18. The Morgan fingerprint density at radius 1 is 0.900 bits per heavy atom. The number of anilines is 1. The van der Waals surface area contributed by atoms with Gasteiger partial charge in [0.1, 0.15) is 0 Å². The van der Waals surface area contributed by atoms with E-state index in [-0.39, 0.29) is 22.1 Å². The molecule has 8 heteroatoms. The Kier molecular flexibility index (Phi) is 7.79. The Balaban J connectivity index is 1.55. The van der Waals surface area contributed by atoms with Crippen LogP contribution in [0.1, 0.15) is 15.9 Å². The highest BCUT2D eigenvalue weighted by Gasteiger charge is 2.18. The number of para-hydroxylation sites is 1. The van der Waals surface area contributed by atoms with Crippen LogP contribution in [0.5, 0.6) is 0 Å². The van der Waals surface area contributed by atoms with Crippen LogP contribution in [-0.4, -0.2) is 26.6 Å². The highest BCUT2D eigenvalue weighted by atomic mass is 35.5. The average Bonchev–Trinajstić information content (AvgIpc) is 2.75. The van der Waals surface area contributed by atoms with Crippen LogP contribution in [0.2, 0.25) is 5.02 Å². The minimum absolute atomic E-state index is 0.138. The number of amides is 1. The van der Waals surface area contributed by atoms with Crippen molar-refractivity contribution < 1.29 is 13.2 Å². The number of hydrogen-bond acceptors (Lipinski definition) is 4. The summed E-state index contributed by atoms with van der Waals surface area (Å²) in [6.45, 7) is 0.469. The van der Waals surface area contributed by atoms with Crippen LogP contribution in [0.4, 0.5) is 5.69 Å². The molecule has 0 bridgehead atoms. The Hall–Kier alpha value is -2.48. The fourth-order valence-corrected chi connectivity index (χ4v) is 4.72. The smallest absolute Gasteiger partial charge is 0.261 e. The number of carbonyl (C=O) groups excluding carboxylic acids is 1. The van der Waals surface area contributed by atoms with Gasteiger partial charge in [0.2, 0.25) is 0 Å². The number of halogens is 1. The molecule has 0 saturated heterocycles. The molecule has 0 atom stereocenters. The van der Waals surface area contributed by atoms with Gasteiger partial charge in [-0.2, -0.15) is 11.8 Å². The molecule has 1 amide bonds. The summed E-state index contributed by atoms with van der Waals surface area (Å²) in [5, 5.41) is 3.55. The zero-order chi connectivity index (χ0) is 21.4. The van der Waals surface area contributed by atoms with Gasteiger partial charge in [0.25, 0.3) is 15.9 Å². The van der Waals surface area contributed by atoms with Crippen LogP contribution in [0, 0.1) is 0 Å². The van der Waals surface area contributed by atoms with Crippen molar-refractivity contribution in [2.24, 2.45) is 0 Å². The maximum absolute atomic E-state index is 12.6. The maximum atomic E-state index is 12.6. The fraction of sp³-hybridized carbons (Fsp3) is 0.136. The molecule has 0 aliphatic carbocycles. The SMILES string of the molecule is O=C(NCCSCc1ccc(Cl)cc1)c1ccccc1NS(=O)(=O)c1ccccc1. The van der Waals surface area contributed by atoms with Gasteiger partial charge in [-0.05, 0) is 42.0 Å². The third-order valence-corrected chi connectivity index (χ3v) is 6.85. The van der Waals surface area contributed by atoms with E-state index in [2.05, 4.69) is 10.0 Å². The summed E-state index contributed by atoms with van der Waals surface area (Å²) >= 11 is 7.57. The van der Waals surface area contributed by atoms with Crippen molar-refractivity contribution in [2.45, 2.75) is 10.6 Å². The molecule has 156 valence electrons. The molecular weight excluding hydrogens is 440 g/mol. The van der Waals surface area contributed by atoms with E-state index < -0.39 is 10.0 Å². The predicted octanol–water partition coefficient (Wildman–Crippen LogP) is 4.80. The second-order valence-electron chi connectivity index (χ2n) is 6.40. The maximum Gasteiger partial charge on any atom is 0.261 e. The summed E-state index contributed by atoms with van der Waals surface area (Å²) in [7, 11) is -3.78. The van der Waals surface area contributed by atoms with Gasteiger partial charge in [-0.1, -0.05) is 54.1 Å². The molecule has 0 aliphatic rings. The number of rotatable bonds is 9. The van der Waals surface area contributed by atoms with Crippen LogP contribution in [0.15, 0.2) is 83.8 Å². The van der Waals surface area contributed by atoms with Gasteiger partial charge < -0.3 is 5.32 Å². The first kappa shape index (κ1) is 22.2. The van der Waals surface area contributed by atoms with Gasteiger partial charge in [-0.15, -0.1) is 0 Å². The number of benzene rings is 3. The molecule has 2 N–H and O–H groups in total. The molecule has 0 spiro atoms. The highest BCUT2D eigenvalue weighted by Crippen LogP contribution is 2.20. The van der Waals surface area contributed by atoms with Gasteiger partial charge in [-0.3, -0.25) is 9.52 Å². The summed E-state index contributed by atoms with van der Waals surface area (Å²) in [5.41, 5.74) is 1.68. The van der Waals surface area contributed by atoms with Crippen LogP contribution in [-0.2, 0) is 15.8 Å². The van der Waals surface area contributed by atoms with Crippen molar-refractivity contribution in [2.75, 3.05) is 17.0 Å². The summed E-state index contributed by atoms with van der Waals surface area (Å²) < 4.78 is 27.7. The molecule has 30 heavy (non-hydrogen) atoms. The van der Waals surface area contributed by atoms with Crippen molar-refractivity contribution in [1.82, 2.24) is 5.32 Å². The van der Waals surface area contributed by atoms with E-state index in [1.165, 1.54) is 12.1 Å². The predicted molar refractivity (Wildman–Crippen MR) is 124 cm³/mol. The molecule has 3 rings (SSSR count). The second kappa shape index (κ2) is 10.5. The van der Waals surface area contributed by atoms with E-state index in [1.807, 2.05) is 24.3 Å². The van der Waals surface area contributed by atoms with E-state index in [1.54, 1.807) is 54.2 Å². The van der Waals surface area contributed by atoms with Crippen molar-refractivity contribution in [3.05, 3.63) is 95.0 Å². The summed E-state index contributed by atoms with van der Waals surface area (Å²) in [4.78, 5) is 12.7. The van der Waals surface area contributed by atoms with Crippen LogP contribution in [0.3, 0.4) is 0 Å². The van der Waals surface area contributed by atoms with Gasteiger partial charge in [0, 0.05) is 23.1 Å². The molecule has 0 radical (unpaired) electrons. The molecule has 5 nitrogen and oxygen atoms in total. The largest absolute Gasteiger partial charge is 0.351 e. The molecule has 3 aromatic carbocycles. The lowest BCUT2D eigenvalue weighted by molar-refractivity contribution is 0.0957.